The van der Waals surface area contributed by atoms with E-state index in [9.17, 15) is 0 Å². The number of benzene rings is 7. The summed E-state index contributed by atoms with van der Waals surface area (Å²) >= 11 is 0. The normalized spacial score (nSPS) is 11.3. The third-order valence-corrected chi connectivity index (χ3v) is 9.17. The van der Waals surface area contributed by atoms with Gasteiger partial charge in [0, 0.05) is 39.6 Å². The number of hydrogen-bond donors (Lipinski definition) is 0. The summed E-state index contributed by atoms with van der Waals surface area (Å²) in [7, 11) is 0. The number of hydrogen-bond acceptors (Lipinski definition) is 3. The molecule has 0 saturated heterocycles. The first-order valence-corrected chi connectivity index (χ1v) is 16.2. The molecule has 0 N–H and O–H groups in total. The van der Waals surface area contributed by atoms with E-state index < -0.39 is 0 Å². The van der Waals surface area contributed by atoms with Crippen molar-refractivity contribution in [3.05, 3.63) is 182 Å². The molecule has 9 aromatic rings. The van der Waals surface area contributed by atoms with Crippen molar-refractivity contribution in [3.8, 4) is 33.4 Å². The molecule has 0 aliphatic carbocycles. The van der Waals surface area contributed by atoms with Crippen LogP contribution in [0.2, 0.25) is 0 Å². The molecule has 3 nitrogen and oxygen atoms in total. The number of pyridine rings is 1. The highest BCUT2D eigenvalue weighted by Gasteiger charge is 2.16. The Kier molecular flexibility index (Phi) is 6.80. The van der Waals surface area contributed by atoms with Crippen LogP contribution in [0.25, 0.3) is 66.2 Å². The summed E-state index contributed by atoms with van der Waals surface area (Å²) in [5, 5.41) is 4.61. The highest BCUT2D eigenvalue weighted by atomic mass is 16.3. The molecule has 0 unspecified atom stereocenters. The summed E-state index contributed by atoms with van der Waals surface area (Å²) in [6.45, 7) is 0. The van der Waals surface area contributed by atoms with Gasteiger partial charge in [-0.1, -0.05) is 127 Å². The van der Waals surface area contributed by atoms with Gasteiger partial charge in [0.2, 0.25) is 5.71 Å². The lowest BCUT2D eigenvalue weighted by molar-refractivity contribution is 0.655. The zero-order chi connectivity index (χ0) is 31.9. The van der Waals surface area contributed by atoms with Gasteiger partial charge < -0.3 is 9.32 Å². The second-order valence-electron chi connectivity index (χ2n) is 12.0. The number of furan rings is 1. The van der Waals surface area contributed by atoms with E-state index in [2.05, 4.69) is 180 Å². The SMILES string of the molecule is c1ccc(-c2ccc(N(c3ccc(-c4cccc5ccccc45)cc3)c3ccc(-c4cccc5c4oc4ncccc45)cc3)cc2)cc1. The van der Waals surface area contributed by atoms with Crippen molar-refractivity contribution in [1.29, 1.82) is 0 Å². The van der Waals surface area contributed by atoms with Crippen molar-refractivity contribution >= 4 is 49.9 Å². The van der Waals surface area contributed by atoms with Gasteiger partial charge in [-0.3, -0.25) is 0 Å². The molecule has 0 spiro atoms. The van der Waals surface area contributed by atoms with Gasteiger partial charge in [-0.15, -0.1) is 0 Å². The number of aromatic nitrogens is 1. The highest BCUT2D eigenvalue weighted by Crippen LogP contribution is 2.40. The lowest BCUT2D eigenvalue weighted by atomic mass is 9.98. The molecule has 0 radical (unpaired) electrons. The Labute approximate surface area is 279 Å². The van der Waals surface area contributed by atoms with Gasteiger partial charge in [0.1, 0.15) is 5.58 Å². The summed E-state index contributed by atoms with van der Waals surface area (Å²) in [5.74, 6) is 0. The van der Waals surface area contributed by atoms with Gasteiger partial charge in [-0.2, -0.15) is 0 Å². The second kappa shape index (κ2) is 11.7. The number of anilines is 3. The van der Waals surface area contributed by atoms with E-state index in [1.54, 1.807) is 6.20 Å². The Balaban J connectivity index is 1.12. The van der Waals surface area contributed by atoms with Crippen LogP contribution >= 0.6 is 0 Å². The molecule has 0 amide bonds. The molecule has 7 aromatic carbocycles. The Morgan fingerprint density at radius 3 is 1.62 bits per heavy atom. The number of rotatable bonds is 6. The molecule has 0 aliphatic heterocycles. The smallest absolute Gasteiger partial charge is 0.227 e. The zero-order valence-electron chi connectivity index (χ0n) is 26.1. The Bertz CT molecular complexity index is 2530. The van der Waals surface area contributed by atoms with Crippen molar-refractivity contribution in [1.82, 2.24) is 4.98 Å². The molecule has 0 bridgehead atoms. The van der Waals surface area contributed by atoms with Gasteiger partial charge in [-0.25, -0.2) is 4.98 Å². The average molecular weight is 615 g/mol. The lowest BCUT2D eigenvalue weighted by Crippen LogP contribution is -2.09. The maximum atomic E-state index is 6.25. The standard InChI is InChI=1S/C45H30N2O/c1-2-9-31(10-3-1)32-18-24-36(25-19-32)47(37-26-20-34(21-27-37)40-14-6-12-33-11-4-5-13-39(33)40)38-28-22-35(23-29-38)41-15-7-16-42-43-17-8-30-46-45(43)48-44(41)42/h1-30H. The summed E-state index contributed by atoms with van der Waals surface area (Å²) in [4.78, 5) is 6.77. The predicted octanol–water partition coefficient (Wildman–Crippen LogP) is 12.6. The van der Waals surface area contributed by atoms with Crippen LogP contribution in [0, 0.1) is 0 Å². The molecule has 0 saturated carbocycles. The Morgan fingerprint density at radius 2 is 0.896 bits per heavy atom. The first-order valence-electron chi connectivity index (χ1n) is 16.2. The fourth-order valence-electron chi connectivity index (χ4n) is 6.80. The van der Waals surface area contributed by atoms with Crippen LogP contribution in [-0.2, 0) is 0 Å². The maximum Gasteiger partial charge on any atom is 0.227 e. The topological polar surface area (TPSA) is 29.3 Å². The van der Waals surface area contributed by atoms with Gasteiger partial charge >= 0.3 is 0 Å². The maximum absolute atomic E-state index is 6.25. The lowest BCUT2D eigenvalue weighted by Gasteiger charge is -2.26. The highest BCUT2D eigenvalue weighted by molar-refractivity contribution is 6.08. The largest absolute Gasteiger partial charge is 0.437 e. The first-order chi connectivity index (χ1) is 23.8. The van der Waals surface area contributed by atoms with Crippen LogP contribution in [-0.4, -0.2) is 4.98 Å². The van der Waals surface area contributed by atoms with Crippen LogP contribution in [0.4, 0.5) is 17.1 Å². The molecule has 0 aliphatic rings. The number of nitrogens with zero attached hydrogens (tertiary/aromatic N) is 2. The molecule has 2 heterocycles. The fourth-order valence-corrected chi connectivity index (χ4v) is 6.80. The van der Waals surface area contributed by atoms with E-state index in [1.165, 1.54) is 33.0 Å². The van der Waals surface area contributed by atoms with E-state index in [4.69, 9.17) is 4.42 Å². The number of para-hydroxylation sites is 1. The van der Waals surface area contributed by atoms with Crippen molar-refractivity contribution in [2.45, 2.75) is 0 Å². The van der Waals surface area contributed by atoms with Gasteiger partial charge in [0.15, 0.2) is 0 Å². The molecule has 48 heavy (non-hydrogen) atoms. The average Bonchev–Trinajstić information content (AvgIpc) is 3.55. The van der Waals surface area contributed by atoms with Crippen molar-refractivity contribution in [3.63, 3.8) is 0 Å². The van der Waals surface area contributed by atoms with Crippen LogP contribution < -0.4 is 4.90 Å². The van der Waals surface area contributed by atoms with Gasteiger partial charge in [0.05, 0.1) is 0 Å². The Morgan fingerprint density at radius 1 is 0.375 bits per heavy atom. The fraction of sp³-hybridized carbons (Fsp3) is 0. The minimum atomic E-state index is 0.661. The van der Waals surface area contributed by atoms with Crippen LogP contribution in [0.5, 0.6) is 0 Å². The second-order valence-corrected chi connectivity index (χ2v) is 12.0. The third kappa shape index (κ3) is 4.90. The van der Waals surface area contributed by atoms with Gasteiger partial charge in [-0.05, 0) is 87.1 Å². The molecule has 226 valence electrons. The predicted molar refractivity (Wildman–Crippen MR) is 200 cm³/mol. The minimum Gasteiger partial charge on any atom is -0.437 e. The van der Waals surface area contributed by atoms with Crippen LogP contribution in [0.15, 0.2) is 187 Å². The first kappa shape index (κ1) is 27.8. The number of fused-ring (bicyclic) bond motifs is 4. The summed E-state index contributed by atoms with van der Waals surface area (Å²) in [6, 6.07) is 62.4. The molecule has 0 fully saturated rings. The van der Waals surface area contributed by atoms with E-state index in [-0.39, 0.29) is 0 Å². The van der Waals surface area contributed by atoms with E-state index >= 15 is 0 Å². The molecule has 3 heteroatoms. The van der Waals surface area contributed by atoms with E-state index in [0.29, 0.717) is 5.71 Å². The van der Waals surface area contributed by atoms with E-state index in [1.807, 2.05) is 6.07 Å². The summed E-state index contributed by atoms with van der Waals surface area (Å²) in [5.41, 5.74) is 11.7. The zero-order valence-corrected chi connectivity index (χ0v) is 26.1. The summed E-state index contributed by atoms with van der Waals surface area (Å²) in [6.07, 6.45) is 1.77. The molecular weight excluding hydrogens is 585 g/mol. The third-order valence-electron chi connectivity index (χ3n) is 9.17. The monoisotopic (exact) mass is 614 g/mol. The van der Waals surface area contributed by atoms with Crippen LogP contribution in [0.3, 0.4) is 0 Å². The molecule has 0 atom stereocenters. The van der Waals surface area contributed by atoms with Crippen LogP contribution in [0.1, 0.15) is 0 Å². The Hall–Kier alpha value is -6.45. The van der Waals surface area contributed by atoms with Gasteiger partial charge in [0.25, 0.3) is 0 Å². The van der Waals surface area contributed by atoms with Crippen molar-refractivity contribution < 1.29 is 4.42 Å². The van der Waals surface area contributed by atoms with Crippen molar-refractivity contribution in [2.75, 3.05) is 4.90 Å². The van der Waals surface area contributed by atoms with Crippen molar-refractivity contribution in [2.24, 2.45) is 0 Å². The molecular formula is C45H30N2O. The quantitative estimate of drug-likeness (QED) is 0.187. The molecule has 2 aromatic heterocycles. The van der Waals surface area contributed by atoms with E-state index in [0.717, 1.165) is 44.5 Å². The molecule has 9 rings (SSSR count). The summed E-state index contributed by atoms with van der Waals surface area (Å²) < 4.78 is 6.25. The minimum absolute atomic E-state index is 0.661.